The van der Waals surface area contributed by atoms with Gasteiger partial charge in [0.15, 0.2) is 5.16 Å². The molecule has 0 atom stereocenters. The van der Waals surface area contributed by atoms with Crippen molar-refractivity contribution in [3.8, 4) is 11.8 Å². The highest BCUT2D eigenvalue weighted by molar-refractivity contribution is 7.99. The first-order valence-electron chi connectivity index (χ1n) is 7.88. The van der Waals surface area contributed by atoms with Crippen LogP contribution in [0.15, 0.2) is 47.8 Å². The number of hydrogen-bond acceptors (Lipinski definition) is 5. The highest BCUT2D eigenvalue weighted by Crippen LogP contribution is 2.28. The van der Waals surface area contributed by atoms with Gasteiger partial charge in [-0.1, -0.05) is 36.0 Å². The second-order valence-corrected chi connectivity index (χ2v) is 6.49. The molecule has 3 aromatic rings. The number of nitriles is 1. The van der Waals surface area contributed by atoms with Crippen LogP contribution in [0.2, 0.25) is 0 Å². The first-order valence-corrected chi connectivity index (χ1v) is 8.86. The van der Waals surface area contributed by atoms with Crippen molar-refractivity contribution in [2.24, 2.45) is 0 Å². The molecule has 0 bridgehead atoms. The van der Waals surface area contributed by atoms with Crippen LogP contribution in [0.1, 0.15) is 5.56 Å². The number of carbonyl (C=O) groups excluding carboxylic acids is 1. The molecule has 0 aliphatic heterocycles. The zero-order valence-corrected chi connectivity index (χ0v) is 14.9. The Morgan fingerprint density at radius 2 is 2.00 bits per heavy atom. The molecule has 132 valence electrons. The van der Waals surface area contributed by atoms with Gasteiger partial charge in [-0.3, -0.25) is 9.59 Å². The van der Waals surface area contributed by atoms with Crippen molar-refractivity contribution in [3.63, 3.8) is 0 Å². The summed E-state index contributed by atoms with van der Waals surface area (Å²) >= 11 is 1.14. The standard InChI is InChI=1S/C18H13BN4O3S/c19-15-8-22-18(27-10-16(24)21-9-17(25)26)23(15)14-6-5-11(7-20)12-3-1-2-4-13(12)14/h1-6,8H,9-10H2,(H,21,24)(H,25,26). The van der Waals surface area contributed by atoms with Gasteiger partial charge in [0.25, 0.3) is 0 Å². The van der Waals surface area contributed by atoms with Crippen molar-refractivity contribution in [1.29, 1.82) is 5.26 Å². The molecule has 1 amide bonds. The minimum atomic E-state index is -1.11. The first kappa shape index (κ1) is 18.5. The average Bonchev–Trinajstić information content (AvgIpc) is 3.04. The molecule has 0 unspecified atom stereocenters. The minimum Gasteiger partial charge on any atom is -0.480 e. The number of nitrogens with one attached hydrogen (secondary N) is 1. The van der Waals surface area contributed by atoms with Crippen molar-refractivity contribution in [2.75, 3.05) is 12.3 Å². The number of carboxylic acid groups (broad SMARTS) is 1. The Morgan fingerprint density at radius 1 is 1.26 bits per heavy atom. The van der Waals surface area contributed by atoms with Crippen LogP contribution in [0.5, 0.6) is 0 Å². The summed E-state index contributed by atoms with van der Waals surface area (Å²) in [4.78, 5) is 26.5. The SMILES string of the molecule is [B]c1cnc(SCC(=O)NCC(=O)O)n1-c1ccc(C#N)c2ccccc12. The van der Waals surface area contributed by atoms with Gasteiger partial charge in [0.1, 0.15) is 14.4 Å². The molecule has 1 heterocycles. The van der Waals surface area contributed by atoms with Gasteiger partial charge in [0, 0.05) is 17.0 Å². The Hall–Kier alpha value is -3.25. The second kappa shape index (κ2) is 7.97. The monoisotopic (exact) mass is 376 g/mol. The summed E-state index contributed by atoms with van der Waals surface area (Å²) in [7, 11) is 6.08. The minimum absolute atomic E-state index is 0.00204. The van der Waals surface area contributed by atoms with Crippen molar-refractivity contribution >= 4 is 47.9 Å². The Bertz CT molecular complexity index is 1070. The van der Waals surface area contributed by atoms with Crippen LogP contribution in [0.25, 0.3) is 16.5 Å². The molecule has 0 saturated heterocycles. The quantitative estimate of drug-likeness (QED) is 0.491. The van der Waals surface area contributed by atoms with Crippen LogP contribution >= 0.6 is 11.8 Å². The van der Waals surface area contributed by atoms with Crippen LogP contribution < -0.4 is 10.9 Å². The zero-order chi connectivity index (χ0) is 19.4. The molecule has 2 N–H and O–H groups in total. The molecule has 2 aromatic carbocycles. The second-order valence-electron chi connectivity index (χ2n) is 5.55. The lowest BCUT2D eigenvalue weighted by Gasteiger charge is -2.14. The molecule has 0 aliphatic carbocycles. The summed E-state index contributed by atoms with van der Waals surface area (Å²) in [5.74, 6) is -1.53. The third kappa shape index (κ3) is 3.96. The fraction of sp³-hybridized carbons (Fsp3) is 0.111. The number of aliphatic carboxylic acids is 1. The largest absolute Gasteiger partial charge is 0.480 e. The first-order chi connectivity index (χ1) is 13.0. The Kier molecular flexibility index (Phi) is 5.47. The van der Waals surface area contributed by atoms with E-state index in [-0.39, 0.29) is 5.75 Å². The molecule has 3 rings (SSSR count). The number of hydrogen-bond donors (Lipinski definition) is 2. The summed E-state index contributed by atoms with van der Waals surface area (Å²) in [5.41, 5.74) is 1.68. The predicted molar refractivity (Wildman–Crippen MR) is 103 cm³/mol. The van der Waals surface area contributed by atoms with E-state index in [1.54, 1.807) is 16.7 Å². The van der Waals surface area contributed by atoms with Crippen LogP contribution in [0, 0.1) is 11.3 Å². The molecule has 7 nitrogen and oxygen atoms in total. The highest BCUT2D eigenvalue weighted by Gasteiger charge is 2.15. The van der Waals surface area contributed by atoms with E-state index in [2.05, 4.69) is 16.4 Å². The summed E-state index contributed by atoms with van der Waals surface area (Å²) in [5, 5.41) is 22.3. The maximum Gasteiger partial charge on any atom is 0.322 e. The van der Waals surface area contributed by atoms with Crippen molar-refractivity contribution in [3.05, 3.63) is 48.2 Å². The fourth-order valence-electron chi connectivity index (χ4n) is 2.62. The molecule has 0 fully saturated rings. The van der Waals surface area contributed by atoms with Gasteiger partial charge in [-0.2, -0.15) is 5.26 Å². The van der Waals surface area contributed by atoms with Crippen molar-refractivity contribution < 1.29 is 14.7 Å². The van der Waals surface area contributed by atoms with Gasteiger partial charge in [-0.25, -0.2) is 4.98 Å². The van der Waals surface area contributed by atoms with Crippen molar-refractivity contribution in [2.45, 2.75) is 5.16 Å². The summed E-state index contributed by atoms with van der Waals surface area (Å²) in [6, 6.07) is 13.1. The average molecular weight is 376 g/mol. The van der Waals surface area contributed by atoms with E-state index in [4.69, 9.17) is 13.0 Å². The smallest absolute Gasteiger partial charge is 0.322 e. The molecule has 2 radical (unpaired) electrons. The Labute approximate surface area is 160 Å². The van der Waals surface area contributed by atoms with Gasteiger partial charge < -0.3 is 15.0 Å². The molecule has 0 aliphatic rings. The number of nitrogens with zero attached hydrogens (tertiary/aromatic N) is 3. The lowest BCUT2D eigenvalue weighted by Crippen LogP contribution is -2.30. The van der Waals surface area contributed by atoms with Crippen LogP contribution in [-0.4, -0.2) is 46.7 Å². The van der Waals surface area contributed by atoms with Gasteiger partial charge in [0.2, 0.25) is 5.91 Å². The number of thioether (sulfide) groups is 1. The number of fused-ring (bicyclic) bond motifs is 1. The number of rotatable bonds is 6. The highest BCUT2D eigenvalue weighted by atomic mass is 32.2. The van der Waals surface area contributed by atoms with E-state index in [0.29, 0.717) is 16.3 Å². The van der Waals surface area contributed by atoms with Crippen LogP contribution in [-0.2, 0) is 9.59 Å². The number of imidazole rings is 1. The third-order valence-electron chi connectivity index (χ3n) is 3.79. The summed E-state index contributed by atoms with van der Waals surface area (Å²) in [6.45, 7) is -0.434. The van der Waals surface area contributed by atoms with E-state index in [1.807, 2.05) is 24.3 Å². The molecular weight excluding hydrogens is 363 g/mol. The van der Waals surface area contributed by atoms with Crippen LogP contribution in [0.4, 0.5) is 0 Å². The van der Waals surface area contributed by atoms with E-state index in [1.165, 1.54) is 6.20 Å². The maximum atomic E-state index is 11.8. The van der Waals surface area contributed by atoms with Crippen molar-refractivity contribution in [1.82, 2.24) is 14.9 Å². The van der Waals surface area contributed by atoms with Gasteiger partial charge in [-0.15, -0.1) is 0 Å². The number of aromatic nitrogens is 2. The molecule has 0 saturated carbocycles. The van der Waals surface area contributed by atoms with E-state index in [0.717, 1.165) is 28.2 Å². The maximum absolute atomic E-state index is 11.8. The van der Waals surface area contributed by atoms with E-state index < -0.39 is 18.4 Å². The molecular formula is C18H13BN4O3S. The summed E-state index contributed by atoms with van der Waals surface area (Å²) < 4.78 is 1.71. The van der Waals surface area contributed by atoms with Gasteiger partial charge in [0.05, 0.1) is 23.1 Å². The Balaban J connectivity index is 1.94. The normalized spacial score (nSPS) is 10.5. The number of carboxylic acids is 1. The molecule has 1 aromatic heterocycles. The molecule has 9 heteroatoms. The lowest BCUT2D eigenvalue weighted by molar-refractivity contribution is -0.137. The van der Waals surface area contributed by atoms with E-state index >= 15 is 0 Å². The van der Waals surface area contributed by atoms with Crippen LogP contribution in [0.3, 0.4) is 0 Å². The number of carbonyl (C=O) groups is 2. The topological polar surface area (TPSA) is 108 Å². The number of amides is 1. The molecule has 27 heavy (non-hydrogen) atoms. The zero-order valence-electron chi connectivity index (χ0n) is 14.0. The number of benzene rings is 2. The van der Waals surface area contributed by atoms with Gasteiger partial charge in [-0.05, 0) is 17.7 Å². The Morgan fingerprint density at radius 3 is 2.70 bits per heavy atom. The fourth-order valence-corrected chi connectivity index (χ4v) is 3.44. The van der Waals surface area contributed by atoms with Gasteiger partial charge >= 0.3 is 5.97 Å². The third-order valence-corrected chi connectivity index (χ3v) is 4.74. The molecule has 0 spiro atoms. The lowest BCUT2D eigenvalue weighted by atomic mass is 10.0. The summed E-state index contributed by atoms with van der Waals surface area (Å²) in [6.07, 6.45) is 1.49. The van der Waals surface area contributed by atoms with E-state index in [9.17, 15) is 14.9 Å². The predicted octanol–water partition coefficient (Wildman–Crippen LogP) is 0.984.